The van der Waals surface area contributed by atoms with Gasteiger partial charge in [0.15, 0.2) is 0 Å². The van der Waals surface area contributed by atoms with Crippen molar-refractivity contribution in [1.29, 1.82) is 0 Å². The fraction of sp³-hybridized carbons (Fsp3) is 0.647. The van der Waals surface area contributed by atoms with Crippen molar-refractivity contribution in [2.75, 3.05) is 6.54 Å². The fourth-order valence-electron chi connectivity index (χ4n) is 3.20. The molecule has 1 N–H and O–H groups in total. The maximum absolute atomic E-state index is 6.19. The average molecular weight is 314 g/mol. The third-order valence-corrected chi connectivity index (χ3v) is 4.97. The molecule has 0 atom stereocenters. The molecule has 0 spiro atoms. The second kappa shape index (κ2) is 8.26. The van der Waals surface area contributed by atoms with Gasteiger partial charge in [-0.3, -0.25) is 0 Å². The molecule has 0 unspecified atom stereocenters. The quantitative estimate of drug-likeness (QED) is 0.732. The van der Waals surface area contributed by atoms with Crippen molar-refractivity contribution in [1.82, 2.24) is 5.32 Å². The van der Waals surface area contributed by atoms with Crippen LogP contribution < -0.4 is 5.32 Å². The molecule has 0 saturated heterocycles. The van der Waals surface area contributed by atoms with Crippen LogP contribution in [0.1, 0.15) is 51.0 Å². The SMILES string of the molecule is CCCC1CCC(NCCc2ccc(Cl)cc2Cl)CC1. The van der Waals surface area contributed by atoms with Crippen LogP contribution in [-0.2, 0) is 6.42 Å². The molecule has 20 heavy (non-hydrogen) atoms. The van der Waals surface area contributed by atoms with Gasteiger partial charge in [-0.1, -0.05) is 49.0 Å². The molecular formula is C17H25Cl2N. The summed E-state index contributed by atoms with van der Waals surface area (Å²) < 4.78 is 0. The highest BCUT2D eigenvalue weighted by molar-refractivity contribution is 6.35. The molecule has 1 aromatic rings. The Bertz CT molecular complexity index is 411. The molecule has 3 heteroatoms. The maximum atomic E-state index is 6.19. The molecule has 1 nitrogen and oxygen atoms in total. The number of halogens is 2. The van der Waals surface area contributed by atoms with Crippen molar-refractivity contribution in [2.45, 2.75) is 57.9 Å². The van der Waals surface area contributed by atoms with Gasteiger partial charge in [0, 0.05) is 16.1 Å². The summed E-state index contributed by atoms with van der Waals surface area (Å²) in [5.74, 6) is 0.976. The standard InChI is InChI=1S/C17H25Cl2N/c1-2-3-13-4-8-16(9-5-13)20-11-10-14-6-7-15(18)12-17(14)19/h6-7,12-13,16,20H,2-5,8-11H2,1H3. The Hall–Kier alpha value is -0.240. The molecule has 0 aliphatic heterocycles. The van der Waals surface area contributed by atoms with Gasteiger partial charge in [-0.2, -0.15) is 0 Å². The lowest BCUT2D eigenvalue weighted by Crippen LogP contribution is -2.34. The van der Waals surface area contributed by atoms with Crippen LogP contribution in [-0.4, -0.2) is 12.6 Å². The Kier molecular flexibility index (Phi) is 6.67. The molecule has 1 aliphatic rings. The predicted octanol–water partition coefficient (Wildman–Crippen LogP) is 5.48. The van der Waals surface area contributed by atoms with Crippen molar-refractivity contribution in [2.24, 2.45) is 5.92 Å². The zero-order chi connectivity index (χ0) is 14.4. The number of hydrogen-bond acceptors (Lipinski definition) is 1. The topological polar surface area (TPSA) is 12.0 Å². The third-order valence-electron chi connectivity index (χ3n) is 4.39. The van der Waals surface area contributed by atoms with Crippen molar-refractivity contribution in [3.63, 3.8) is 0 Å². The van der Waals surface area contributed by atoms with Crippen LogP contribution in [0.4, 0.5) is 0 Å². The van der Waals surface area contributed by atoms with Gasteiger partial charge in [0.1, 0.15) is 0 Å². The second-order valence-electron chi connectivity index (χ2n) is 5.95. The van der Waals surface area contributed by atoms with Crippen LogP contribution in [0.5, 0.6) is 0 Å². The Morgan fingerprint density at radius 1 is 1.15 bits per heavy atom. The van der Waals surface area contributed by atoms with E-state index in [9.17, 15) is 0 Å². The fourth-order valence-corrected chi connectivity index (χ4v) is 3.70. The van der Waals surface area contributed by atoms with Gasteiger partial charge < -0.3 is 5.32 Å². The summed E-state index contributed by atoms with van der Waals surface area (Å²) in [5, 5.41) is 5.18. The number of nitrogens with one attached hydrogen (secondary N) is 1. The molecular weight excluding hydrogens is 289 g/mol. The summed E-state index contributed by atoms with van der Waals surface area (Å²) in [7, 11) is 0. The molecule has 1 aliphatic carbocycles. The largest absolute Gasteiger partial charge is 0.314 e. The highest BCUT2D eigenvalue weighted by Crippen LogP contribution is 2.27. The first-order valence-corrected chi connectivity index (χ1v) is 8.62. The van der Waals surface area contributed by atoms with E-state index in [1.807, 2.05) is 18.2 Å². The summed E-state index contributed by atoms with van der Waals surface area (Å²) in [6.07, 6.45) is 9.17. The van der Waals surface area contributed by atoms with E-state index in [1.165, 1.54) is 44.1 Å². The molecule has 0 amide bonds. The van der Waals surface area contributed by atoms with E-state index < -0.39 is 0 Å². The highest BCUT2D eigenvalue weighted by atomic mass is 35.5. The summed E-state index contributed by atoms with van der Waals surface area (Å²) in [4.78, 5) is 0. The Morgan fingerprint density at radius 3 is 2.55 bits per heavy atom. The van der Waals surface area contributed by atoms with E-state index in [4.69, 9.17) is 23.2 Å². The zero-order valence-corrected chi connectivity index (χ0v) is 13.8. The van der Waals surface area contributed by atoms with Gasteiger partial charge >= 0.3 is 0 Å². The first-order chi connectivity index (χ1) is 9.69. The number of hydrogen-bond donors (Lipinski definition) is 1. The van der Waals surface area contributed by atoms with Crippen LogP contribution >= 0.6 is 23.2 Å². The van der Waals surface area contributed by atoms with Gasteiger partial charge in [-0.05, 0) is 62.3 Å². The lowest BCUT2D eigenvalue weighted by Gasteiger charge is -2.29. The molecule has 0 radical (unpaired) electrons. The lowest BCUT2D eigenvalue weighted by atomic mass is 9.83. The molecule has 112 valence electrons. The van der Waals surface area contributed by atoms with E-state index in [-0.39, 0.29) is 0 Å². The van der Waals surface area contributed by atoms with Crippen LogP contribution in [0, 0.1) is 5.92 Å². The minimum Gasteiger partial charge on any atom is -0.314 e. The predicted molar refractivity (Wildman–Crippen MR) is 88.8 cm³/mol. The smallest absolute Gasteiger partial charge is 0.0453 e. The molecule has 2 rings (SSSR count). The van der Waals surface area contributed by atoms with Crippen molar-refractivity contribution < 1.29 is 0 Å². The highest BCUT2D eigenvalue weighted by Gasteiger charge is 2.19. The molecule has 0 heterocycles. The molecule has 1 saturated carbocycles. The summed E-state index contributed by atoms with van der Waals surface area (Å²) in [5.41, 5.74) is 1.18. The second-order valence-corrected chi connectivity index (χ2v) is 6.79. The van der Waals surface area contributed by atoms with E-state index in [2.05, 4.69) is 12.2 Å². The van der Waals surface area contributed by atoms with Gasteiger partial charge in [0.25, 0.3) is 0 Å². The monoisotopic (exact) mass is 313 g/mol. The molecule has 1 aromatic carbocycles. The van der Waals surface area contributed by atoms with Crippen molar-refractivity contribution in [3.8, 4) is 0 Å². The van der Waals surface area contributed by atoms with Crippen LogP contribution in [0.25, 0.3) is 0 Å². The van der Waals surface area contributed by atoms with E-state index in [1.54, 1.807) is 0 Å². The number of benzene rings is 1. The number of rotatable bonds is 6. The van der Waals surface area contributed by atoms with Crippen LogP contribution in [0.15, 0.2) is 18.2 Å². The van der Waals surface area contributed by atoms with Gasteiger partial charge in [-0.25, -0.2) is 0 Å². The van der Waals surface area contributed by atoms with Crippen molar-refractivity contribution >= 4 is 23.2 Å². The van der Waals surface area contributed by atoms with Crippen LogP contribution in [0.3, 0.4) is 0 Å². The lowest BCUT2D eigenvalue weighted by molar-refractivity contribution is 0.279. The summed E-state index contributed by atoms with van der Waals surface area (Å²) in [6, 6.07) is 6.48. The van der Waals surface area contributed by atoms with E-state index >= 15 is 0 Å². The first-order valence-electron chi connectivity index (χ1n) is 7.86. The molecule has 0 bridgehead atoms. The average Bonchev–Trinajstić information content (AvgIpc) is 2.43. The normalized spacial score (nSPS) is 22.9. The van der Waals surface area contributed by atoms with E-state index in [0.717, 1.165) is 23.9 Å². The Labute approximate surface area is 133 Å². The van der Waals surface area contributed by atoms with Crippen molar-refractivity contribution in [3.05, 3.63) is 33.8 Å². The van der Waals surface area contributed by atoms with Gasteiger partial charge in [0.2, 0.25) is 0 Å². The minimum absolute atomic E-state index is 0.703. The Morgan fingerprint density at radius 2 is 1.90 bits per heavy atom. The van der Waals surface area contributed by atoms with Crippen LogP contribution in [0.2, 0.25) is 10.0 Å². The van der Waals surface area contributed by atoms with E-state index in [0.29, 0.717) is 11.1 Å². The first kappa shape index (κ1) is 16.1. The summed E-state index contributed by atoms with van der Waals surface area (Å²) in [6.45, 7) is 3.30. The maximum Gasteiger partial charge on any atom is 0.0453 e. The Balaban J connectivity index is 1.69. The van der Waals surface area contributed by atoms with Gasteiger partial charge in [-0.15, -0.1) is 0 Å². The zero-order valence-electron chi connectivity index (χ0n) is 12.3. The third kappa shape index (κ3) is 4.95. The molecule has 0 aromatic heterocycles. The minimum atomic E-state index is 0.703. The van der Waals surface area contributed by atoms with Gasteiger partial charge in [0.05, 0.1) is 0 Å². The molecule has 1 fully saturated rings. The summed E-state index contributed by atoms with van der Waals surface area (Å²) >= 11 is 12.1.